The average Bonchev–Trinajstić information content (AvgIpc) is 3.06. The fourth-order valence-electron chi connectivity index (χ4n) is 3.44. The van der Waals surface area contributed by atoms with E-state index >= 15 is 0 Å². The van der Waals surface area contributed by atoms with Crippen molar-refractivity contribution in [1.82, 2.24) is 5.32 Å². The number of hydrogen-bond donors (Lipinski definition) is 1. The maximum absolute atomic E-state index is 5.94. The molecule has 0 bridgehead atoms. The summed E-state index contributed by atoms with van der Waals surface area (Å²) in [5.74, 6) is 3.30. The van der Waals surface area contributed by atoms with Gasteiger partial charge in [-0.1, -0.05) is 26.0 Å². The molecule has 0 aromatic heterocycles. The minimum atomic E-state index is 0.159. The second-order valence-electron chi connectivity index (χ2n) is 7.14. The highest BCUT2D eigenvalue weighted by Crippen LogP contribution is 2.40. The van der Waals surface area contributed by atoms with Gasteiger partial charge in [0.1, 0.15) is 5.75 Å². The maximum Gasteiger partial charge on any atom is 0.231 e. The standard InChI is InChI=1S/C21H25NO3/c1-14(2)7-9-23-17-5-3-4-16(10-17)21-18-12-20-19(24-13-25-20)11-15(18)6-8-22-21/h3-5,10-12,14,21-22H,6-9,13H2,1-2H3. The van der Waals surface area contributed by atoms with Crippen molar-refractivity contribution in [1.29, 1.82) is 0 Å². The maximum atomic E-state index is 5.94. The van der Waals surface area contributed by atoms with Gasteiger partial charge in [0.05, 0.1) is 12.6 Å². The molecule has 0 spiro atoms. The third kappa shape index (κ3) is 3.45. The lowest BCUT2D eigenvalue weighted by atomic mass is 9.89. The molecule has 2 aromatic rings. The zero-order chi connectivity index (χ0) is 17.2. The van der Waals surface area contributed by atoms with Crippen molar-refractivity contribution in [3.05, 3.63) is 53.1 Å². The lowest BCUT2D eigenvalue weighted by Crippen LogP contribution is -2.30. The van der Waals surface area contributed by atoms with Gasteiger partial charge in [-0.2, -0.15) is 0 Å². The van der Waals surface area contributed by atoms with E-state index in [-0.39, 0.29) is 6.04 Å². The molecule has 0 amide bonds. The van der Waals surface area contributed by atoms with Crippen LogP contribution < -0.4 is 19.5 Å². The van der Waals surface area contributed by atoms with Crippen molar-refractivity contribution in [3.8, 4) is 17.2 Å². The molecule has 2 aromatic carbocycles. The summed E-state index contributed by atoms with van der Waals surface area (Å²) in [5.41, 5.74) is 3.83. The van der Waals surface area contributed by atoms with E-state index in [4.69, 9.17) is 14.2 Å². The van der Waals surface area contributed by atoms with Crippen molar-refractivity contribution >= 4 is 0 Å². The molecular formula is C21H25NO3. The Morgan fingerprint density at radius 2 is 2.00 bits per heavy atom. The van der Waals surface area contributed by atoms with E-state index in [1.54, 1.807) is 0 Å². The number of ether oxygens (including phenoxy) is 3. The third-order valence-corrected chi connectivity index (χ3v) is 4.84. The Bertz CT molecular complexity index is 757. The van der Waals surface area contributed by atoms with Gasteiger partial charge in [-0.05, 0) is 59.7 Å². The number of hydrogen-bond acceptors (Lipinski definition) is 4. The fourth-order valence-corrected chi connectivity index (χ4v) is 3.44. The molecule has 4 rings (SSSR count). The average molecular weight is 339 g/mol. The summed E-state index contributed by atoms with van der Waals surface area (Å²) in [6, 6.07) is 12.8. The summed E-state index contributed by atoms with van der Waals surface area (Å²) >= 11 is 0. The van der Waals surface area contributed by atoms with Crippen LogP contribution in [0, 0.1) is 5.92 Å². The molecule has 1 N–H and O–H groups in total. The second kappa shape index (κ2) is 6.96. The molecule has 1 unspecified atom stereocenters. The van der Waals surface area contributed by atoms with E-state index in [1.165, 1.54) is 16.7 Å². The first kappa shape index (κ1) is 16.3. The number of fused-ring (bicyclic) bond motifs is 2. The fraction of sp³-hybridized carbons (Fsp3) is 0.429. The largest absolute Gasteiger partial charge is 0.494 e. The monoisotopic (exact) mass is 339 g/mol. The van der Waals surface area contributed by atoms with Gasteiger partial charge in [-0.25, -0.2) is 0 Å². The summed E-state index contributed by atoms with van der Waals surface area (Å²) in [7, 11) is 0. The number of rotatable bonds is 5. The molecule has 2 aliphatic rings. The molecule has 4 heteroatoms. The van der Waals surface area contributed by atoms with E-state index in [9.17, 15) is 0 Å². The molecule has 25 heavy (non-hydrogen) atoms. The number of benzene rings is 2. The minimum absolute atomic E-state index is 0.159. The van der Waals surface area contributed by atoms with Crippen LogP contribution in [0.2, 0.25) is 0 Å². The molecule has 0 saturated carbocycles. The van der Waals surface area contributed by atoms with Gasteiger partial charge >= 0.3 is 0 Å². The van der Waals surface area contributed by atoms with Crippen LogP contribution >= 0.6 is 0 Å². The molecule has 4 nitrogen and oxygen atoms in total. The smallest absolute Gasteiger partial charge is 0.231 e. The highest BCUT2D eigenvalue weighted by atomic mass is 16.7. The van der Waals surface area contributed by atoms with Gasteiger partial charge in [0, 0.05) is 6.54 Å². The van der Waals surface area contributed by atoms with Gasteiger partial charge in [-0.15, -0.1) is 0 Å². The second-order valence-corrected chi connectivity index (χ2v) is 7.14. The van der Waals surface area contributed by atoms with Crippen molar-refractivity contribution in [3.63, 3.8) is 0 Å². The van der Waals surface area contributed by atoms with E-state index in [1.807, 2.05) is 6.07 Å². The van der Waals surface area contributed by atoms with Crippen LogP contribution in [0.1, 0.15) is 43.0 Å². The molecular weight excluding hydrogens is 314 g/mol. The summed E-state index contributed by atoms with van der Waals surface area (Å²) in [4.78, 5) is 0. The van der Waals surface area contributed by atoms with Crippen molar-refractivity contribution in [2.24, 2.45) is 5.92 Å². The zero-order valence-electron chi connectivity index (χ0n) is 14.9. The van der Waals surface area contributed by atoms with Crippen LogP contribution in [0.3, 0.4) is 0 Å². The molecule has 0 aliphatic carbocycles. The van der Waals surface area contributed by atoms with Crippen molar-refractivity contribution in [2.45, 2.75) is 32.7 Å². The quantitative estimate of drug-likeness (QED) is 0.891. The Morgan fingerprint density at radius 1 is 1.16 bits per heavy atom. The lowest BCUT2D eigenvalue weighted by molar-refractivity contribution is 0.174. The van der Waals surface area contributed by atoms with E-state index in [2.05, 4.69) is 49.5 Å². The normalized spacial score (nSPS) is 18.3. The molecule has 2 heterocycles. The molecule has 1 atom stereocenters. The minimum Gasteiger partial charge on any atom is -0.494 e. The van der Waals surface area contributed by atoms with E-state index in [0.717, 1.165) is 43.2 Å². The van der Waals surface area contributed by atoms with E-state index < -0.39 is 0 Å². The van der Waals surface area contributed by atoms with Crippen molar-refractivity contribution in [2.75, 3.05) is 19.9 Å². The Kier molecular flexibility index (Phi) is 4.53. The molecule has 0 fully saturated rings. The highest BCUT2D eigenvalue weighted by molar-refractivity contribution is 5.52. The zero-order valence-corrected chi connectivity index (χ0v) is 14.9. The number of nitrogens with one attached hydrogen (secondary N) is 1. The first-order valence-corrected chi connectivity index (χ1v) is 9.09. The van der Waals surface area contributed by atoms with Crippen LogP contribution in [0.15, 0.2) is 36.4 Å². The summed E-state index contributed by atoms with van der Waals surface area (Å²) in [5, 5.41) is 3.63. The first-order valence-electron chi connectivity index (χ1n) is 9.09. The van der Waals surface area contributed by atoms with Crippen LogP contribution in [0.25, 0.3) is 0 Å². The van der Waals surface area contributed by atoms with Gasteiger partial charge in [0.25, 0.3) is 0 Å². The Labute approximate surface area is 149 Å². The molecule has 0 radical (unpaired) electrons. The highest BCUT2D eigenvalue weighted by Gasteiger charge is 2.26. The van der Waals surface area contributed by atoms with Crippen LogP contribution in [0.5, 0.6) is 17.2 Å². The SMILES string of the molecule is CC(C)CCOc1cccc(C2NCCc3cc4c(cc32)OCO4)c1. The molecule has 0 saturated heterocycles. The first-order chi connectivity index (χ1) is 12.2. The predicted molar refractivity (Wildman–Crippen MR) is 97.5 cm³/mol. The van der Waals surface area contributed by atoms with Gasteiger partial charge in [0.15, 0.2) is 11.5 Å². The third-order valence-electron chi connectivity index (χ3n) is 4.84. The van der Waals surface area contributed by atoms with Gasteiger partial charge in [-0.3, -0.25) is 0 Å². The Balaban J connectivity index is 1.59. The van der Waals surface area contributed by atoms with E-state index in [0.29, 0.717) is 12.7 Å². The summed E-state index contributed by atoms with van der Waals surface area (Å²) in [6.07, 6.45) is 2.07. The van der Waals surface area contributed by atoms with Gasteiger partial charge in [0.2, 0.25) is 6.79 Å². The van der Waals surface area contributed by atoms with Crippen molar-refractivity contribution < 1.29 is 14.2 Å². The molecule has 2 aliphatic heterocycles. The lowest BCUT2D eigenvalue weighted by Gasteiger charge is -2.28. The van der Waals surface area contributed by atoms with Gasteiger partial charge < -0.3 is 19.5 Å². The molecule has 132 valence electrons. The van der Waals surface area contributed by atoms with Crippen LogP contribution in [0.4, 0.5) is 0 Å². The summed E-state index contributed by atoms with van der Waals surface area (Å²) in [6.45, 7) is 6.46. The Morgan fingerprint density at radius 3 is 2.84 bits per heavy atom. The Hall–Kier alpha value is -2.20. The van der Waals surface area contributed by atoms with Crippen LogP contribution in [-0.2, 0) is 6.42 Å². The predicted octanol–water partition coefficient (Wildman–Crippen LogP) is 4.08. The van der Waals surface area contributed by atoms with Crippen LogP contribution in [-0.4, -0.2) is 19.9 Å². The summed E-state index contributed by atoms with van der Waals surface area (Å²) < 4.78 is 17.0. The topological polar surface area (TPSA) is 39.7 Å².